The molecule has 1 heterocycles. The second kappa shape index (κ2) is 5.56. The van der Waals surface area contributed by atoms with Crippen LogP contribution < -0.4 is 10.6 Å². The van der Waals surface area contributed by atoms with Gasteiger partial charge in [-0.3, -0.25) is 4.79 Å². The summed E-state index contributed by atoms with van der Waals surface area (Å²) in [6, 6.07) is 5.77. The SMILES string of the molecule is O=C(Nc1ccc2c(c1)C(=O)CCC2)NC1C2CCOC2C12CCC2. The van der Waals surface area contributed by atoms with Gasteiger partial charge in [-0.1, -0.05) is 12.5 Å². The van der Waals surface area contributed by atoms with E-state index in [1.165, 1.54) is 6.42 Å². The van der Waals surface area contributed by atoms with Gasteiger partial charge in [-0.2, -0.15) is 0 Å². The molecule has 1 spiro atoms. The summed E-state index contributed by atoms with van der Waals surface area (Å²) in [6.07, 6.45) is 7.43. The van der Waals surface area contributed by atoms with E-state index in [1.54, 1.807) is 0 Å². The number of hydrogen-bond donors (Lipinski definition) is 2. The van der Waals surface area contributed by atoms with Gasteiger partial charge >= 0.3 is 6.03 Å². The Labute approximate surface area is 147 Å². The van der Waals surface area contributed by atoms with E-state index in [0.29, 0.717) is 24.1 Å². The highest BCUT2D eigenvalue weighted by Crippen LogP contribution is 2.62. The largest absolute Gasteiger partial charge is 0.377 e. The lowest BCUT2D eigenvalue weighted by Gasteiger charge is -2.63. The lowest BCUT2D eigenvalue weighted by Crippen LogP contribution is -2.72. The van der Waals surface area contributed by atoms with Crippen LogP contribution >= 0.6 is 0 Å². The average molecular weight is 340 g/mol. The first-order valence-electron chi connectivity index (χ1n) is 9.53. The fourth-order valence-electron chi connectivity index (χ4n) is 5.47. The van der Waals surface area contributed by atoms with Crippen molar-refractivity contribution in [3.05, 3.63) is 29.3 Å². The minimum absolute atomic E-state index is 0.162. The number of ether oxygens (including phenoxy) is 1. The van der Waals surface area contributed by atoms with E-state index in [1.807, 2.05) is 18.2 Å². The Kier molecular flexibility index (Phi) is 3.42. The molecular formula is C20H24N2O3. The summed E-state index contributed by atoms with van der Waals surface area (Å²) >= 11 is 0. The van der Waals surface area contributed by atoms with Crippen LogP contribution in [-0.2, 0) is 11.2 Å². The monoisotopic (exact) mass is 340 g/mol. The summed E-state index contributed by atoms with van der Waals surface area (Å²) < 4.78 is 5.90. The van der Waals surface area contributed by atoms with Crippen molar-refractivity contribution in [1.29, 1.82) is 0 Å². The van der Waals surface area contributed by atoms with Crippen LogP contribution in [0.1, 0.15) is 54.4 Å². The Morgan fingerprint density at radius 3 is 2.88 bits per heavy atom. The maximum absolute atomic E-state index is 12.5. The molecule has 5 nitrogen and oxygen atoms in total. The van der Waals surface area contributed by atoms with Crippen LogP contribution in [0, 0.1) is 11.3 Å². The molecule has 3 fully saturated rings. The summed E-state index contributed by atoms with van der Waals surface area (Å²) in [5.41, 5.74) is 2.75. The summed E-state index contributed by atoms with van der Waals surface area (Å²) in [7, 11) is 0. The third kappa shape index (κ3) is 2.25. The molecule has 0 aromatic heterocycles. The van der Waals surface area contributed by atoms with Crippen LogP contribution in [0.25, 0.3) is 0 Å². The number of anilines is 1. The third-order valence-electron chi connectivity index (χ3n) is 6.84. The molecule has 1 saturated heterocycles. The standard InChI is InChI=1S/C20H24N2O3/c23-16-4-1-3-12-5-6-13(11-15(12)16)21-19(24)22-17-14-7-10-25-18(14)20(17)8-2-9-20/h5-6,11,14,17-18H,1-4,7-10H2,(H2,21,22,24). The number of amides is 2. The van der Waals surface area contributed by atoms with E-state index >= 15 is 0 Å². The molecule has 3 aliphatic carbocycles. The number of ketones is 1. The van der Waals surface area contributed by atoms with Gasteiger partial charge in [0.05, 0.1) is 6.10 Å². The van der Waals surface area contributed by atoms with Crippen LogP contribution in [0.4, 0.5) is 10.5 Å². The minimum Gasteiger partial charge on any atom is -0.377 e. The molecule has 3 atom stereocenters. The Hall–Kier alpha value is -1.88. The van der Waals surface area contributed by atoms with Crippen LogP contribution in [0.2, 0.25) is 0 Å². The molecule has 1 aliphatic heterocycles. The van der Waals surface area contributed by atoms with Crippen LogP contribution in [0.5, 0.6) is 0 Å². The van der Waals surface area contributed by atoms with E-state index in [2.05, 4.69) is 10.6 Å². The highest BCUT2D eigenvalue weighted by Gasteiger charge is 2.66. The van der Waals surface area contributed by atoms with E-state index < -0.39 is 0 Å². The molecule has 1 aromatic rings. The number of hydrogen-bond acceptors (Lipinski definition) is 3. The Morgan fingerprint density at radius 2 is 2.08 bits per heavy atom. The highest BCUT2D eigenvalue weighted by molar-refractivity contribution is 6.00. The van der Waals surface area contributed by atoms with Gasteiger partial charge in [0.2, 0.25) is 0 Å². The van der Waals surface area contributed by atoms with Gasteiger partial charge in [0.1, 0.15) is 0 Å². The number of Topliss-reactive ketones (excluding diaryl/α,β-unsaturated/α-hetero) is 1. The van der Waals surface area contributed by atoms with Gasteiger partial charge in [-0.05, 0) is 49.8 Å². The fraction of sp³-hybridized carbons (Fsp3) is 0.600. The molecule has 132 valence electrons. The number of rotatable bonds is 2. The van der Waals surface area contributed by atoms with Gasteiger partial charge in [0.25, 0.3) is 0 Å². The molecule has 0 bridgehead atoms. The van der Waals surface area contributed by atoms with E-state index in [4.69, 9.17) is 4.74 Å². The third-order valence-corrected chi connectivity index (χ3v) is 6.84. The Bertz CT molecular complexity index is 740. The Morgan fingerprint density at radius 1 is 1.20 bits per heavy atom. The van der Waals surface area contributed by atoms with Crippen LogP contribution in [0.15, 0.2) is 18.2 Å². The first-order chi connectivity index (χ1) is 12.2. The number of fused-ring (bicyclic) bond motifs is 3. The smallest absolute Gasteiger partial charge is 0.319 e. The van der Waals surface area contributed by atoms with Crippen molar-refractivity contribution in [3.63, 3.8) is 0 Å². The van der Waals surface area contributed by atoms with Gasteiger partial charge in [0, 0.05) is 41.7 Å². The number of carbonyl (C=O) groups excluding carboxylic acids is 2. The molecule has 25 heavy (non-hydrogen) atoms. The molecule has 5 heteroatoms. The average Bonchev–Trinajstić information content (AvgIpc) is 2.97. The number of benzene rings is 1. The zero-order chi connectivity index (χ0) is 17.0. The van der Waals surface area contributed by atoms with Gasteiger partial charge in [0.15, 0.2) is 5.78 Å². The number of aryl methyl sites for hydroxylation is 1. The molecule has 4 aliphatic rings. The molecule has 0 radical (unpaired) electrons. The summed E-state index contributed by atoms with van der Waals surface area (Å²) in [4.78, 5) is 24.6. The summed E-state index contributed by atoms with van der Waals surface area (Å²) in [6.45, 7) is 0.823. The molecule has 2 saturated carbocycles. The molecule has 2 N–H and O–H groups in total. The normalized spacial score (nSPS) is 31.5. The van der Waals surface area contributed by atoms with Crippen molar-refractivity contribution in [3.8, 4) is 0 Å². The van der Waals surface area contributed by atoms with Crippen molar-refractivity contribution in [1.82, 2.24) is 5.32 Å². The van der Waals surface area contributed by atoms with Crippen molar-refractivity contribution >= 4 is 17.5 Å². The number of carbonyl (C=O) groups is 2. The number of nitrogens with one attached hydrogen (secondary N) is 2. The van der Waals surface area contributed by atoms with E-state index in [9.17, 15) is 9.59 Å². The van der Waals surface area contributed by atoms with Crippen molar-refractivity contribution in [2.45, 2.75) is 57.1 Å². The van der Waals surface area contributed by atoms with Gasteiger partial charge < -0.3 is 15.4 Å². The maximum Gasteiger partial charge on any atom is 0.319 e. The van der Waals surface area contributed by atoms with Gasteiger partial charge in [-0.15, -0.1) is 0 Å². The predicted molar refractivity (Wildman–Crippen MR) is 93.8 cm³/mol. The van der Waals surface area contributed by atoms with Crippen LogP contribution in [0.3, 0.4) is 0 Å². The zero-order valence-electron chi connectivity index (χ0n) is 14.3. The molecule has 2 amide bonds. The van der Waals surface area contributed by atoms with Crippen LogP contribution in [-0.4, -0.2) is 30.6 Å². The summed E-state index contributed by atoms with van der Waals surface area (Å²) in [5.74, 6) is 0.653. The molecule has 3 unspecified atom stereocenters. The molecule has 5 rings (SSSR count). The highest BCUT2D eigenvalue weighted by atomic mass is 16.5. The first-order valence-corrected chi connectivity index (χ1v) is 9.53. The zero-order valence-corrected chi connectivity index (χ0v) is 14.3. The molecular weight excluding hydrogens is 316 g/mol. The Balaban J connectivity index is 1.28. The first kappa shape index (κ1) is 15.4. The topological polar surface area (TPSA) is 67.4 Å². The van der Waals surface area contributed by atoms with Gasteiger partial charge in [-0.25, -0.2) is 4.79 Å². The summed E-state index contributed by atoms with van der Waals surface area (Å²) in [5, 5.41) is 6.14. The lowest BCUT2D eigenvalue weighted by molar-refractivity contribution is -0.171. The number of urea groups is 1. The quantitative estimate of drug-likeness (QED) is 0.868. The molecule has 1 aromatic carbocycles. The van der Waals surface area contributed by atoms with Crippen molar-refractivity contribution in [2.75, 3.05) is 11.9 Å². The second-order valence-corrected chi connectivity index (χ2v) is 8.06. The lowest BCUT2D eigenvalue weighted by atomic mass is 9.46. The minimum atomic E-state index is -0.162. The van der Waals surface area contributed by atoms with E-state index in [0.717, 1.165) is 49.8 Å². The van der Waals surface area contributed by atoms with E-state index in [-0.39, 0.29) is 23.3 Å². The fourth-order valence-corrected chi connectivity index (χ4v) is 5.47. The van der Waals surface area contributed by atoms with Crippen molar-refractivity contribution < 1.29 is 14.3 Å². The maximum atomic E-state index is 12.5. The predicted octanol–water partition coefficient (Wildman–Crippen LogP) is 3.28. The van der Waals surface area contributed by atoms with Crippen molar-refractivity contribution in [2.24, 2.45) is 11.3 Å². The second-order valence-electron chi connectivity index (χ2n) is 8.06.